The lowest BCUT2D eigenvalue weighted by Gasteiger charge is -2.18. The van der Waals surface area contributed by atoms with E-state index in [1.165, 1.54) is 23.8 Å². The number of carbonyl (C=O) groups is 1. The molecule has 3 heterocycles. The Balaban J connectivity index is 1.66. The van der Waals surface area contributed by atoms with Crippen molar-refractivity contribution in [3.8, 4) is 11.8 Å². The average molecular weight is 508 g/mol. The zero-order chi connectivity index (χ0) is 25.7. The highest BCUT2D eigenvalue weighted by Crippen LogP contribution is 2.20. The highest BCUT2D eigenvalue weighted by atomic mass is 35.5. The van der Waals surface area contributed by atoms with Crippen molar-refractivity contribution in [2.75, 3.05) is 5.32 Å². The van der Waals surface area contributed by atoms with Gasteiger partial charge in [0.05, 0.1) is 24.3 Å². The van der Waals surface area contributed by atoms with Gasteiger partial charge in [-0.15, -0.1) is 0 Å². The molecule has 4 rings (SSSR count). The van der Waals surface area contributed by atoms with Crippen LogP contribution in [0.2, 0.25) is 5.02 Å². The Bertz CT molecular complexity index is 1470. The standard InChI is InChI=1S/C25H22ClN5O5/c1-16(24(33)34)14-31-23(32)12-20(30(25(31)35)15-17-5-7-18(26)8-6-17)29-19-9-10-22(28-13-19)36-21-4-2-3-11-27-21/h2-13,16,29H,14-15H2,1H3,(H,33,34)/t16-/m0/s1. The van der Waals surface area contributed by atoms with Gasteiger partial charge in [0.25, 0.3) is 5.56 Å². The Morgan fingerprint density at radius 3 is 2.44 bits per heavy atom. The van der Waals surface area contributed by atoms with Crippen molar-refractivity contribution in [2.45, 2.75) is 20.0 Å². The minimum Gasteiger partial charge on any atom is -0.481 e. The molecule has 1 aromatic carbocycles. The van der Waals surface area contributed by atoms with Crippen molar-refractivity contribution in [3.05, 3.63) is 104 Å². The van der Waals surface area contributed by atoms with Gasteiger partial charge in [0, 0.05) is 36.0 Å². The number of pyridine rings is 2. The molecule has 0 aliphatic rings. The van der Waals surface area contributed by atoms with Gasteiger partial charge in [0.1, 0.15) is 5.82 Å². The summed E-state index contributed by atoms with van der Waals surface area (Å²) in [4.78, 5) is 45.7. The van der Waals surface area contributed by atoms with Crippen LogP contribution in [0.1, 0.15) is 12.5 Å². The second-order valence-electron chi connectivity index (χ2n) is 7.99. The quantitative estimate of drug-likeness (QED) is 0.350. The maximum absolute atomic E-state index is 13.3. The predicted molar refractivity (Wildman–Crippen MR) is 134 cm³/mol. The smallest absolute Gasteiger partial charge is 0.332 e. The van der Waals surface area contributed by atoms with Crippen molar-refractivity contribution in [1.29, 1.82) is 0 Å². The molecular weight excluding hydrogens is 486 g/mol. The van der Waals surface area contributed by atoms with Crippen LogP contribution >= 0.6 is 11.6 Å². The Morgan fingerprint density at radius 2 is 1.81 bits per heavy atom. The summed E-state index contributed by atoms with van der Waals surface area (Å²) in [5, 5.41) is 12.8. The summed E-state index contributed by atoms with van der Waals surface area (Å²) < 4.78 is 7.87. The van der Waals surface area contributed by atoms with E-state index in [0.717, 1.165) is 10.1 Å². The van der Waals surface area contributed by atoms with Gasteiger partial charge in [0.2, 0.25) is 11.8 Å². The second kappa shape index (κ2) is 10.9. The van der Waals surface area contributed by atoms with E-state index in [1.807, 2.05) is 0 Å². The summed E-state index contributed by atoms with van der Waals surface area (Å²) in [5.41, 5.74) is 0.00378. The van der Waals surface area contributed by atoms with Crippen molar-refractivity contribution < 1.29 is 14.6 Å². The van der Waals surface area contributed by atoms with Crippen LogP contribution in [0.3, 0.4) is 0 Å². The molecule has 0 radical (unpaired) electrons. The van der Waals surface area contributed by atoms with E-state index in [-0.39, 0.29) is 18.9 Å². The van der Waals surface area contributed by atoms with E-state index < -0.39 is 23.1 Å². The van der Waals surface area contributed by atoms with Crippen LogP contribution in [0.15, 0.2) is 82.6 Å². The molecule has 0 aliphatic heterocycles. The summed E-state index contributed by atoms with van der Waals surface area (Å²) in [6, 6.07) is 16.7. The molecule has 0 unspecified atom stereocenters. The van der Waals surface area contributed by atoms with E-state index in [0.29, 0.717) is 22.5 Å². The number of carboxylic acids is 1. The molecule has 0 saturated carbocycles. The maximum atomic E-state index is 13.3. The maximum Gasteiger partial charge on any atom is 0.332 e. The van der Waals surface area contributed by atoms with Crippen molar-refractivity contribution in [2.24, 2.45) is 5.92 Å². The minimum absolute atomic E-state index is 0.119. The highest BCUT2D eigenvalue weighted by Gasteiger charge is 2.18. The first-order valence-corrected chi connectivity index (χ1v) is 11.3. The fraction of sp³-hybridized carbons (Fsp3) is 0.160. The summed E-state index contributed by atoms with van der Waals surface area (Å²) in [6.07, 6.45) is 3.10. The van der Waals surface area contributed by atoms with Crippen LogP contribution in [-0.2, 0) is 17.9 Å². The molecule has 0 saturated heterocycles. The van der Waals surface area contributed by atoms with Gasteiger partial charge in [0.15, 0.2) is 0 Å². The number of halogens is 1. The Morgan fingerprint density at radius 1 is 1.06 bits per heavy atom. The van der Waals surface area contributed by atoms with E-state index in [4.69, 9.17) is 16.3 Å². The molecule has 4 aromatic rings. The van der Waals surface area contributed by atoms with Crippen molar-refractivity contribution >= 4 is 29.1 Å². The normalized spacial score (nSPS) is 11.6. The molecule has 0 fully saturated rings. The van der Waals surface area contributed by atoms with Crippen LogP contribution in [-0.4, -0.2) is 30.2 Å². The van der Waals surface area contributed by atoms with Gasteiger partial charge >= 0.3 is 11.7 Å². The molecule has 0 amide bonds. The number of carboxylic acid groups (broad SMARTS) is 1. The Labute approximate surface area is 210 Å². The monoisotopic (exact) mass is 507 g/mol. The molecule has 3 aromatic heterocycles. The molecule has 0 bridgehead atoms. The molecule has 0 aliphatic carbocycles. The summed E-state index contributed by atoms with van der Waals surface area (Å²) in [7, 11) is 0. The Hall–Kier alpha value is -4.44. The summed E-state index contributed by atoms with van der Waals surface area (Å²) in [5.74, 6) is -1.10. The number of hydrogen-bond acceptors (Lipinski definition) is 7. The SMILES string of the molecule is C[C@@H](Cn1c(=O)cc(Nc2ccc(Oc3ccccn3)nc2)n(Cc2ccc(Cl)cc2)c1=O)C(=O)O. The molecule has 2 N–H and O–H groups in total. The lowest BCUT2D eigenvalue weighted by Crippen LogP contribution is -2.42. The first kappa shape index (κ1) is 24.7. The lowest BCUT2D eigenvalue weighted by molar-refractivity contribution is -0.141. The molecule has 11 heteroatoms. The fourth-order valence-electron chi connectivity index (χ4n) is 3.34. The molecular formula is C25H22ClN5O5. The van der Waals surface area contributed by atoms with Crippen molar-refractivity contribution in [1.82, 2.24) is 19.1 Å². The predicted octanol–water partition coefficient (Wildman–Crippen LogP) is 3.76. The lowest BCUT2D eigenvalue weighted by atomic mass is 10.2. The van der Waals surface area contributed by atoms with Gasteiger partial charge < -0.3 is 15.2 Å². The number of benzene rings is 1. The molecule has 36 heavy (non-hydrogen) atoms. The molecule has 10 nitrogen and oxygen atoms in total. The summed E-state index contributed by atoms with van der Waals surface area (Å²) in [6.45, 7) is 1.30. The number of ether oxygens (including phenoxy) is 1. The third-order valence-electron chi connectivity index (χ3n) is 5.27. The number of rotatable bonds is 9. The first-order chi connectivity index (χ1) is 17.3. The van der Waals surface area contributed by atoms with Gasteiger partial charge in [-0.05, 0) is 29.8 Å². The number of aliphatic carboxylic acids is 1. The van der Waals surface area contributed by atoms with E-state index >= 15 is 0 Å². The third-order valence-corrected chi connectivity index (χ3v) is 5.52. The van der Waals surface area contributed by atoms with Crippen LogP contribution in [0, 0.1) is 5.92 Å². The number of nitrogens with one attached hydrogen (secondary N) is 1. The average Bonchev–Trinajstić information content (AvgIpc) is 2.87. The van der Waals surface area contributed by atoms with Crippen LogP contribution in [0.25, 0.3) is 0 Å². The summed E-state index contributed by atoms with van der Waals surface area (Å²) >= 11 is 5.98. The largest absolute Gasteiger partial charge is 0.481 e. The zero-order valence-corrected chi connectivity index (χ0v) is 19.9. The van der Waals surface area contributed by atoms with E-state index in [1.54, 1.807) is 60.8 Å². The number of nitrogens with zero attached hydrogens (tertiary/aromatic N) is 4. The minimum atomic E-state index is -1.10. The fourth-order valence-corrected chi connectivity index (χ4v) is 3.47. The van der Waals surface area contributed by atoms with Gasteiger partial charge in [-0.25, -0.2) is 14.8 Å². The van der Waals surface area contributed by atoms with E-state index in [9.17, 15) is 19.5 Å². The van der Waals surface area contributed by atoms with Gasteiger partial charge in [-0.1, -0.05) is 36.7 Å². The van der Waals surface area contributed by atoms with E-state index in [2.05, 4.69) is 15.3 Å². The topological polar surface area (TPSA) is 128 Å². The zero-order valence-electron chi connectivity index (χ0n) is 19.2. The molecule has 1 atom stereocenters. The van der Waals surface area contributed by atoms with Gasteiger partial charge in [-0.3, -0.25) is 18.7 Å². The first-order valence-electron chi connectivity index (χ1n) is 10.9. The second-order valence-corrected chi connectivity index (χ2v) is 8.43. The van der Waals surface area contributed by atoms with Crippen LogP contribution in [0.4, 0.5) is 11.5 Å². The molecule has 0 spiro atoms. The Kier molecular flexibility index (Phi) is 7.45. The number of aromatic nitrogens is 4. The van der Waals surface area contributed by atoms with Gasteiger partial charge in [-0.2, -0.15) is 0 Å². The molecule has 184 valence electrons. The number of hydrogen-bond donors (Lipinski definition) is 2. The van der Waals surface area contributed by atoms with Crippen LogP contribution < -0.4 is 21.3 Å². The highest BCUT2D eigenvalue weighted by molar-refractivity contribution is 6.30. The van der Waals surface area contributed by atoms with Crippen molar-refractivity contribution in [3.63, 3.8) is 0 Å². The van der Waals surface area contributed by atoms with Crippen LogP contribution in [0.5, 0.6) is 11.8 Å². The number of anilines is 2. The third kappa shape index (κ3) is 5.97.